The summed E-state index contributed by atoms with van der Waals surface area (Å²) in [6.07, 6.45) is 8.81. The second kappa shape index (κ2) is 9.10. The smallest absolute Gasteiger partial charge is 0.0369 e. The Morgan fingerprint density at radius 2 is 1.62 bits per heavy atom. The topological polar surface area (TPSA) is 9.72 Å². The molecular formula is C23H45N3. The second-order valence-corrected chi connectivity index (χ2v) is 10.0. The van der Waals surface area contributed by atoms with Crippen molar-refractivity contribution in [3.05, 3.63) is 12.3 Å². The van der Waals surface area contributed by atoms with Crippen LogP contribution in [0.4, 0.5) is 0 Å². The second-order valence-electron chi connectivity index (χ2n) is 10.0. The summed E-state index contributed by atoms with van der Waals surface area (Å²) in [5.41, 5.74) is 0.226. The van der Waals surface area contributed by atoms with Crippen molar-refractivity contribution in [2.45, 2.75) is 98.3 Å². The van der Waals surface area contributed by atoms with Crippen molar-refractivity contribution in [2.75, 3.05) is 26.2 Å². The summed E-state index contributed by atoms with van der Waals surface area (Å²) >= 11 is 0. The van der Waals surface area contributed by atoms with Gasteiger partial charge in [-0.25, -0.2) is 0 Å². The van der Waals surface area contributed by atoms with Gasteiger partial charge in [-0.1, -0.05) is 19.9 Å². The summed E-state index contributed by atoms with van der Waals surface area (Å²) in [5.74, 6) is 1.49. The Morgan fingerprint density at radius 3 is 2.19 bits per heavy atom. The van der Waals surface area contributed by atoms with Crippen LogP contribution in [0.5, 0.6) is 0 Å². The van der Waals surface area contributed by atoms with Crippen LogP contribution in [0.3, 0.4) is 0 Å². The molecule has 2 atom stereocenters. The minimum atomic E-state index is 0.226. The minimum Gasteiger partial charge on any atom is -0.371 e. The Morgan fingerprint density at radius 1 is 0.923 bits per heavy atom. The van der Waals surface area contributed by atoms with Gasteiger partial charge >= 0.3 is 0 Å². The lowest BCUT2D eigenvalue weighted by Gasteiger charge is -2.46. The van der Waals surface area contributed by atoms with Crippen LogP contribution in [-0.4, -0.2) is 64.5 Å². The van der Waals surface area contributed by atoms with Crippen LogP contribution in [0.1, 0.15) is 74.7 Å². The van der Waals surface area contributed by atoms with Gasteiger partial charge in [-0.15, -0.1) is 0 Å². The standard InChI is InChI=1S/C23H45N3/c1-18(2)22-17-21(11-9-14-26(22)20(5)6)23(7,8)25-13-10-12-24(15-16-25)19(3)4/h10,13,18-22H,9,11-12,14-17H2,1-8H3. The van der Waals surface area contributed by atoms with Gasteiger partial charge < -0.3 is 4.90 Å². The maximum absolute atomic E-state index is 2.78. The van der Waals surface area contributed by atoms with E-state index in [1.54, 1.807) is 0 Å². The molecular weight excluding hydrogens is 318 g/mol. The fourth-order valence-corrected chi connectivity index (χ4v) is 5.06. The van der Waals surface area contributed by atoms with Gasteiger partial charge in [-0.3, -0.25) is 9.80 Å². The van der Waals surface area contributed by atoms with E-state index in [4.69, 9.17) is 0 Å². The van der Waals surface area contributed by atoms with Crippen molar-refractivity contribution in [3.8, 4) is 0 Å². The van der Waals surface area contributed by atoms with E-state index in [9.17, 15) is 0 Å². The first-order valence-corrected chi connectivity index (χ1v) is 11.1. The molecule has 0 amide bonds. The van der Waals surface area contributed by atoms with Crippen LogP contribution in [-0.2, 0) is 0 Å². The molecule has 3 nitrogen and oxygen atoms in total. The van der Waals surface area contributed by atoms with Crippen LogP contribution >= 0.6 is 0 Å². The lowest BCUT2D eigenvalue weighted by molar-refractivity contribution is 0.0635. The molecule has 26 heavy (non-hydrogen) atoms. The quantitative estimate of drug-likeness (QED) is 0.692. The molecule has 0 aliphatic carbocycles. The first kappa shape index (κ1) is 21.8. The zero-order valence-electron chi connectivity index (χ0n) is 18.8. The average Bonchev–Trinajstić information content (AvgIpc) is 2.94. The zero-order chi connectivity index (χ0) is 19.5. The third-order valence-corrected chi connectivity index (χ3v) is 7.08. The van der Waals surface area contributed by atoms with Gasteiger partial charge in [0.05, 0.1) is 0 Å². The van der Waals surface area contributed by atoms with Crippen LogP contribution in [0.25, 0.3) is 0 Å². The Kier molecular flexibility index (Phi) is 7.62. The predicted molar refractivity (Wildman–Crippen MR) is 114 cm³/mol. The Labute approximate surface area is 163 Å². The molecule has 2 aliphatic rings. The molecule has 2 unspecified atom stereocenters. The fourth-order valence-electron chi connectivity index (χ4n) is 5.06. The molecule has 152 valence electrons. The van der Waals surface area contributed by atoms with Gasteiger partial charge in [-0.05, 0) is 85.4 Å². The summed E-state index contributed by atoms with van der Waals surface area (Å²) in [6.45, 7) is 23.9. The molecule has 0 bridgehead atoms. The van der Waals surface area contributed by atoms with Crippen molar-refractivity contribution in [2.24, 2.45) is 11.8 Å². The number of hydrogen-bond acceptors (Lipinski definition) is 3. The van der Waals surface area contributed by atoms with Crippen molar-refractivity contribution in [1.82, 2.24) is 14.7 Å². The Hall–Kier alpha value is -0.540. The van der Waals surface area contributed by atoms with E-state index < -0.39 is 0 Å². The molecule has 2 heterocycles. The first-order chi connectivity index (χ1) is 12.1. The molecule has 2 aliphatic heterocycles. The van der Waals surface area contributed by atoms with Crippen LogP contribution in [0, 0.1) is 11.8 Å². The Bertz CT molecular complexity index is 452. The average molecular weight is 364 g/mol. The van der Waals surface area contributed by atoms with Crippen molar-refractivity contribution in [1.29, 1.82) is 0 Å². The number of rotatable bonds is 5. The highest BCUT2D eigenvalue weighted by atomic mass is 15.3. The van der Waals surface area contributed by atoms with E-state index in [1.807, 2.05) is 0 Å². The maximum Gasteiger partial charge on any atom is 0.0369 e. The van der Waals surface area contributed by atoms with Gasteiger partial charge in [0.15, 0.2) is 0 Å². The largest absolute Gasteiger partial charge is 0.371 e. The van der Waals surface area contributed by atoms with Gasteiger partial charge in [0.1, 0.15) is 0 Å². The van der Waals surface area contributed by atoms with E-state index in [-0.39, 0.29) is 5.54 Å². The number of hydrogen-bond donors (Lipinski definition) is 0. The summed E-state index contributed by atoms with van der Waals surface area (Å²) in [7, 11) is 0. The van der Waals surface area contributed by atoms with Crippen LogP contribution in [0.15, 0.2) is 12.3 Å². The molecule has 0 aromatic rings. The normalized spacial score (nSPS) is 27.4. The monoisotopic (exact) mass is 363 g/mol. The van der Waals surface area contributed by atoms with Gasteiger partial charge in [-0.2, -0.15) is 0 Å². The van der Waals surface area contributed by atoms with Gasteiger partial charge in [0, 0.05) is 43.3 Å². The van der Waals surface area contributed by atoms with E-state index in [2.05, 4.69) is 82.4 Å². The molecule has 2 rings (SSSR count). The van der Waals surface area contributed by atoms with E-state index >= 15 is 0 Å². The maximum atomic E-state index is 2.78. The van der Waals surface area contributed by atoms with Crippen molar-refractivity contribution < 1.29 is 0 Å². The van der Waals surface area contributed by atoms with Crippen LogP contribution < -0.4 is 0 Å². The zero-order valence-corrected chi connectivity index (χ0v) is 18.8. The first-order valence-electron chi connectivity index (χ1n) is 11.1. The highest BCUT2D eigenvalue weighted by Gasteiger charge is 2.39. The fraction of sp³-hybridized carbons (Fsp3) is 0.913. The van der Waals surface area contributed by atoms with E-state index in [0.717, 1.165) is 24.9 Å². The Balaban J connectivity index is 2.14. The number of likely N-dealkylation sites (tertiary alicyclic amines) is 1. The molecule has 0 N–H and O–H groups in total. The van der Waals surface area contributed by atoms with Crippen LogP contribution in [0.2, 0.25) is 0 Å². The SMILES string of the molecule is CC(C)C1CC(C(C)(C)N2C=CCN(C(C)C)CC2)CCCN1C(C)C. The van der Waals surface area contributed by atoms with Gasteiger partial charge in [0.25, 0.3) is 0 Å². The van der Waals surface area contributed by atoms with Crippen molar-refractivity contribution >= 4 is 0 Å². The predicted octanol–water partition coefficient (Wildman–Crippen LogP) is 4.84. The molecule has 3 heteroatoms. The molecule has 1 saturated heterocycles. The minimum absolute atomic E-state index is 0.226. The van der Waals surface area contributed by atoms with Gasteiger partial charge in [0.2, 0.25) is 0 Å². The lowest BCUT2D eigenvalue weighted by Crippen LogP contribution is -2.50. The lowest BCUT2D eigenvalue weighted by atomic mass is 9.77. The number of nitrogens with zero attached hydrogens (tertiary/aromatic N) is 3. The van der Waals surface area contributed by atoms with E-state index in [1.165, 1.54) is 32.4 Å². The molecule has 0 aromatic carbocycles. The third kappa shape index (κ3) is 5.04. The summed E-state index contributed by atoms with van der Waals surface area (Å²) < 4.78 is 0. The summed E-state index contributed by atoms with van der Waals surface area (Å²) in [4.78, 5) is 8.01. The molecule has 0 radical (unpaired) electrons. The summed E-state index contributed by atoms with van der Waals surface area (Å²) in [5, 5.41) is 0. The molecule has 1 fully saturated rings. The molecule has 0 saturated carbocycles. The highest BCUT2D eigenvalue weighted by Crippen LogP contribution is 2.38. The highest BCUT2D eigenvalue weighted by molar-refractivity contribution is 5.01. The molecule has 0 aromatic heterocycles. The van der Waals surface area contributed by atoms with Crippen molar-refractivity contribution in [3.63, 3.8) is 0 Å². The third-order valence-electron chi connectivity index (χ3n) is 7.08. The van der Waals surface area contributed by atoms with E-state index in [0.29, 0.717) is 18.1 Å². The molecule has 0 spiro atoms. The summed E-state index contributed by atoms with van der Waals surface area (Å²) in [6, 6.07) is 2.00.